The minimum atomic E-state index is -0.479. The van der Waals surface area contributed by atoms with Crippen LogP contribution in [0.2, 0.25) is 5.02 Å². The highest BCUT2D eigenvalue weighted by Gasteiger charge is 2.09. The minimum Gasteiger partial charge on any atom is -0.391 e. The molecule has 1 heterocycles. The van der Waals surface area contributed by atoms with E-state index >= 15 is 0 Å². The van der Waals surface area contributed by atoms with Crippen molar-refractivity contribution >= 4 is 35.3 Å². The van der Waals surface area contributed by atoms with Crippen LogP contribution in [-0.4, -0.2) is 9.55 Å². The number of aromatic amines is 1. The highest BCUT2D eigenvalue weighted by Crippen LogP contribution is 2.18. The molecule has 0 amide bonds. The number of H-pyrrole nitrogens is 1. The molecule has 2 aromatic rings. The average Bonchev–Trinajstić information content (AvgIpc) is 2.34. The fraction of sp³-hybridized carbons (Fsp3) is 0.0909. The van der Waals surface area contributed by atoms with E-state index in [1.54, 1.807) is 6.07 Å². The number of aromatic nitrogens is 2. The molecule has 0 bridgehead atoms. The van der Waals surface area contributed by atoms with Crippen LogP contribution in [0.15, 0.2) is 29.1 Å². The van der Waals surface area contributed by atoms with Crippen LogP contribution in [0.25, 0.3) is 0 Å². The molecule has 2 rings (SSSR count). The number of rotatable bonds is 2. The molecule has 0 saturated heterocycles. The second-order valence-corrected chi connectivity index (χ2v) is 4.53. The number of nitrogens with two attached hydrogens (primary N) is 2. The molecule has 0 fully saturated rings. The summed E-state index contributed by atoms with van der Waals surface area (Å²) in [5, 5.41) is 0.601. The molecule has 0 aliphatic heterocycles. The molecule has 0 unspecified atom stereocenters. The Bertz CT molecular complexity index is 707. The van der Waals surface area contributed by atoms with E-state index < -0.39 is 5.56 Å². The predicted molar refractivity (Wildman–Crippen MR) is 75.3 cm³/mol. The molecule has 0 radical (unpaired) electrons. The van der Waals surface area contributed by atoms with Crippen LogP contribution in [-0.2, 0) is 6.54 Å². The largest absolute Gasteiger partial charge is 0.391 e. The molecule has 1 aromatic heterocycles. The molecule has 94 valence electrons. The zero-order valence-electron chi connectivity index (χ0n) is 9.31. The molecule has 1 aromatic carbocycles. The van der Waals surface area contributed by atoms with Gasteiger partial charge >= 0.3 is 0 Å². The number of nitrogens with zero attached hydrogens (tertiary/aromatic N) is 1. The molecule has 0 atom stereocenters. The summed E-state index contributed by atoms with van der Waals surface area (Å²) in [6.07, 6.45) is 0. The molecule has 0 aliphatic carbocycles. The maximum atomic E-state index is 11.4. The Morgan fingerprint density at radius 2 is 2.00 bits per heavy atom. The number of nitrogens with one attached hydrogen (secondary N) is 1. The third-order valence-corrected chi connectivity index (χ3v) is 3.25. The zero-order valence-corrected chi connectivity index (χ0v) is 10.9. The third-order valence-electron chi connectivity index (χ3n) is 2.56. The normalized spacial score (nSPS) is 10.5. The number of nitrogen functional groups attached to an aromatic ring is 2. The number of halogens is 1. The second-order valence-electron chi connectivity index (χ2n) is 3.74. The lowest BCUT2D eigenvalue weighted by Gasteiger charge is -2.12. The summed E-state index contributed by atoms with van der Waals surface area (Å²) in [5.41, 5.74) is 11.7. The van der Waals surface area contributed by atoms with Crippen molar-refractivity contribution in [2.45, 2.75) is 6.54 Å². The Kier molecular flexibility index (Phi) is 3.40. The highest BCUT2D eigenvalue weighted by molar-refractivity contribution is 7.71. The van der Waals surface area contributed by atoms with Gasteiger partial charge in [0, 0.05) is 5.02 Å². The predicted octanol–water partition coefficient (Wildman–Crippen LogP) is 1.77. The number of benzene rings is 1. The Hall–Kier alpha value is -1.79. The van der Waals surface area contributed by atoms with Crippen LogP contribution in [0.4, 0.5) is 11.5 Å². The lowest BCUT2D eigenvalue weighted by Crippen LogP contribution is -2.21. The van der Waals surface area contributed by atoms with Crippen molar-refractivity contribution in [3.05, 3.63) is 50.0 Å². The van der Waals surface area contributed by atoms with E-state index in [1.165, 1.54) is 4.57 Å². The Labute approximate surface area is 113 Å². The van der Waals surface area contributed by atoms with E-state index in [-0.39, 0.29) is 16.3 Å². The van der Waals surface area contributed by atoms with Gasteiger partial charge in [-0.05, 0) is 23.8 Å². The van der Waals surface area contributed by atoms with Gasteiger partial charge in [-0.3, -0.25) is 14.3 Å². The van der Waals surface area contributed by atoms with Gasteiger partial charge in [0.05, 0.1) is 6.54 Å². The SMILES string of the molecule is Nc1c(N)n(Cc2ccccc2Cl)c(=S)[nH]c1=O. The molecule has 7 heteroatoms. The second kappa shape index (κ2) is 4.83. The molecular weight excluding hydrogens is 272 g/mol. The molecule has 18 heavy (non-hydrogen) atoms. The Morgan fingerprint density at radius 1 is 1.33 bits per heavy atom. The van der Waals surface area contributed by atoms with Crippen molar-refractivity contribution in [3.8, 4) is 0 Å². The smallest absolute Gasteiger partial charge is 0.277 e. The topological polar surface area (TPSA) is 89.8 Å². The number of anilines is 2. The Morgan fingerprint density at radius 3 is 2.67 bits per heavy atom. The van der Waals surface area contributed by atoms with E-state index in [9.17, 15) is 4.79 Å². The fourth-order valence-corrected chi connectivity index (χ4v) is 2.01. The van der Waals surface area contributed by atoms with E-state index in [4.69, 9.17) is 35.3 Å². The van der Waals surface area contributed by atoms with Crippen LogP contribution >= 0.6 is 23.8 Å². The van der Waals surface area contributed by atoms with Crippen LogP contribution in [0.3, 0.4) is 0 Å². The number of hydrogen-bond donors (Lipinski definition) is 3. The van der Waals surface area contributed by atoms with Crippen LogP contribution in [0.1, 0.15) is 5.56 Å². The fourth-order valence-electron chi connectivity index (χ4n) is 1.56. The standard InChI is InChI=1S/C11H11ClN4OS/c12-7-4-2-1-3-6(7)5-16-9(14)8(13)10(17)15-11(16)18/h1-4H,5,13-14H2,(H,15,17,18). The van der Waals surface area contributed by atoms with Gasteiger partial charge in [-0.2, -0.15) is 0 Å². The highest BCUT2D eigenvalue weighted by atomic mass is 35.5. The van der Waals surface area contributed by atoms with Gasteiger partial charge in [0.25, 0.3) is 5.56 Å². The quantitative estimate of drug-likeness (QED) is 0.732. The van der Waals surface area contributed by atoms with E-state index in [2.05, 4.69) is 4.98 Å². The van der Waals surface area contributed by atoms with Gasteiger partial charge < -0.3 is 11.5 Å². The average molecular weight is 283 g/mol. The summed E-state index contributed by atoms with van der Waals surface area (Å²) >= 11 is 11.1. The summed E-state index contributed by atoms with van der Waals surface area (Å²) < 4.78 is 1.75. The minimum absolute atomic E-state index is 0.0457. The summed E-state index contributed by atoms with van der Waals surface area (Å²) in [6, 6.07) is 7.31. The first kappa shape index (κ1) is 12.7. The summed E-state index contributed by atoms with van der Waals surface area (Å²) in [5.74, 6) is 0.142. The first-order valence-electron chi connectivity index (χ1n) is 5.12. The van der Waals surface area contributed by atoms with Gasteiger partial charge in [0.2, 0.25) is 0 Å². The Balaban J connectivity index is 2.55. The molecule has 5 nitrogen and oxygen atoms in total. The van der Waals surface area contributed by atoms with E-state index in [1.807, 2.05) is 18.2 Å². The van der Waals surface area contributed by atoms with Crippen molar-refractivity contribution in [1.82, 2.24) is 9.55 Å². The lowest BCUT2D eigenvalue weighted by atomic mass is 10.2. The number of hydrogen-bond acceptors (Lipinski definition) is 4. The van der Waals surface area contributed by atoms with Crippen LogP contribution in [0.5, 0.6) is 0 Å². The van der Waals surface area contributed by atoms with Gasteiger partial charge in [0.15, 0.2) is 4.77 Å². The van der Waals surface area contributed by atoms with E-state index in [0.29, 0.717) is 11.6 Å². The van der Waals surface area contributed by atoms with Gasteiger partial charge in [0.1, 0.15) is 11.5 Å². The van der Waals surface area contributed by atoms with Gasteiger partial charge in [-0.15, -0.1) is 0 Å². The van der Waals surface area contributed by atoms with Crippen molar-refractivity contribution < 1.29 is 0 Å². The third kappa shape index (κ3) is 2.25. The van der Waals surface area contributed by atoms with E-state index in [0.717, 1.165) is 5.56 Å². The van der Waals surface area contributed by atoms with Crippen molar-refractivity contribution in [2.75, 3.05) is 11.5 Å². The van der Waals surface area contributed by atoms with Gasteiger partial charge in [-0.1, -0.05) is 29.8 Å². The van der Waals surface area contributed by atoms with Crippen LogP contribution in [0, 0.1) is 4.77 Å². The van der Waals surface area contributed by atoms with Crippen molar-refractivity contribution in [3.63, 3.8) is 0 Å². The lowest BCUT2D eigenvalue weighted by molar-refractivity contribution is 0.760. The zero-order chi connectivity index (χ0) is 13.3. The summed E-state index contributed by atoms with van der Waals surface area (Å²) in [4.78, 5) is 13.8. The van der Waals surface area contributed by atoms with Crippen LogP contribution < -0.4 is 17.0 Å². The maximum Gasteiger partial charge on any atom is 0.277 e. The molecule has 0 spiro atoms. The summed E-state index contributed by atoms with van der Waals surface area (Å²) in [7, 11) is 0. The molecule has 5 N–H and O–H groups in total. The van der Waals surface area contributed by atoms with Gasteiger partial charge in [-0.25, -0.2) is 0 Å². The molecular formula is C11H11ClN4OS. The monoisotopic (exact) mass is 282 g/mol. The maximum absolute atomic E-state index is 11.4. The van der Waals surface area contributed by atoms with Crippen molar-refractivity contribution in [2.24, 2.45) is 0 Å². The molecule has 0 saturated carbocycles. The molecule has 0 aliphatic rings. The first-order valence-corrected chi connectivity index (χ1v) is 5.91. The first-order chi connectivity index (χ1) is 8.50. The van der Waals surface area contributed by atoms with Crippen molar-refractivity contribution in [1.29, 1.82) is 0 Å². The summed E-state index contributed by atoms with van der Waals surface area (Å²) in [6.45, 7) is 0.353.